The molecule has 0 unspecified atom stereocenters. The first kappa shape index (κ1) is 23.2. The van der Waals surface area contributed by atoms with E-state index in [1.807, 2.05) is 47.5 Å². The van der Waals surface area contributed by atoms with Crippen molar-refractivity contribution in [2.24, 2.45) is 0 Å². The van der Waals surface area contributed by atoms with Crippen molar-refractivity contribution in [3.63, 3.8) is 0 Å². The summed E-state index contributed by atoms with van der Waals surface area (Å²) in [6.45, 7) is 4.83. The van der Waals surface area contributed by atoms with E-state index in [1.165, 1.54) is 0 Å². The number of aryl methyl sites for hydroxylation is 1. The number of amides is 2. The minimum Gasteiger partial charge on any atom is -0.486 e. The van der Waals surface area contributed by atoms with Crippen molar-refractivity contribution in [3.8, 4) is 5.75 Å². The molecule has 3 aromatic rings. The fourth-order valence-electron chi connectivity index (χ4n) is 3.63. The summed E-state index contributed by atoms with van der Waals surface area (Å²) in [6.07, 6.45) is 0. The van der Waals surface area contributed by atoms with Crippen LogP contribution in [0.1, 0.15) is 21.1 Å². The molecule has 1 aromatic heterocycles. The molecule has 7 nitrogen and oxygen atoms in total. The van der Waals surface area contributed by atoms with Gasteiger partial charge in [0.2, 0.25) is 5.91 Å². The number of carbonyl (C=O) groups is 2. The highest BCUT2D eigenvalue weighted by atomic mass is 35.5. The second-order valence-corrected chi connectivity index (χ2v) is 9.21. The normalized spacial score (nSPS) is 14.2. The standard InChI is InChI=1S/C24H25ClN4O3S/c1-17-26-18(16-33-17)15-32-22-9-5-2-6-19(22)24(31)29-12-10-28(11-13-29)14-23(30)27-21-8-4-3-7-20(21)25/h2-9,16H,10-15H2,1H3,(H,27,30). The molecule has 0 saturated carbocycles. The van der Waals surface area contributed by atoms with Gasteiger partial charge in [0.05, 0.1) is 33.5 Å². The Balaban J connectivity index is 1.30. The maximum absolute atomic E-state index is 13.2. The number of carbonyl (C=O) groups excluding carboxylic acids is 2. The molecule has 2 amide bonds. The Morgan fingerprint density at radius 2 is 1.82 bits per heavy atom. The van der Waals surface area contributed by atoms with Gasteiger partial charge in [0.15, 0.2) is 0 Å². The molecule has 0 spiro atoms. The van der Waals surface area contributed by atoms with Gasteiger partial charge in [-0.15, -0.1) is 11.3 Å². The number of nitrogens with zero attached hydrogens (tertiary/aromatic N) is 3. The number of hydrogen-bond acceptors (Lipinski definition) is 6. The zero-order chi connectivity index (χ0) is 23.2. The van der Waals surface area contributed by atoms with Crippen molar-refractivity contribution in [2.45, 2.75) is 13.5 Å². The number of anilines is 1. The van der Waals surface area contributed by atoms with Crippen molar-refractivity contribution in [1.29, 1.82) is 0 Å². The Bertz CT molecular complexity index is 1130. The molecule has 172 valence electrons. The van der Waals surface area contributed by atoms with E-state index < -0.39 is 0 Å². The van der Waals surface area contributed by atoms with Crippen LogP contribution in [0.3, 0.4) is 0 Å². The summed E-state index contributed by atoms with van der Waals surface area (Å²) in [5.74, 6) is 0.355. The van der Waals surface area contributed by atoms with Crippen LogP contribution in [-0.2, 0) is 11.4 Å². The summed E-state index contributed by atoms with van der Waals surface area (Å²) >= 11 is 7.68. The molecule has 0 aliphatic carbocycles. The Morgan fingerprint density at radius 3 is 2.55 bits per heavy atom. The Labute approximate surface area is 201 Å². The highest BCUT2D eigenvalue weighted by Crippen LogP contribution is 2.23. The minimum absolute atomic E-state index is 0.0692. The molecule has 2 heterocycles. The maximum Gasteiger partial charge on any atom is 0.257 e. The van der Waals surface area contributed by atoms with Gasteiger partial charge in [0.1, 0.15) is 12.4 Å². The summed E-state index contributed by atoms with van der Waals surface area (Å²) in [5.41, 5.74) is 1.99. The zero-order valence-electron chi connectivity index (χ0n) is 18.3. The van der Waals surface area contributed by atoms with Crippen LogP contribution in [0, 0.1) is 6.92 Å². The van der Waals surface area contributed by atoms with Crippen molar-refractivity contribution >= 4 is 40.4 Å². The predicted molar refractivity (Wildman–Crippen MR) is 130 cm³/mol. The van der Waals surface area contributed by atoms with Crippen LogP contribution in [-0.4, -0.2) is 59.3 Å². The third-order valence-corrected chi connectivity index (χ3v) is 6.49. The van der Waals surface area contributed by atoms with Gasteiger partial charge >= 0.3 is 0 Å². The number of piperazine rings is 1. The summed E-state index contributed by atoms with van der Waals surface area (Å²) in [4.78, 5) is 33.8. The number of thiazole rings is 1. The number of nitrogens with one attached hydrogen (secondary N) is 1. The molecule has 1 aliphatic rings. The first-order valence-electron chi connectivity index (χ1n) is 10.7. The number of para-hydroxylation sites is 2. The van der Waals surface area contributed by atoms with E-state index in [9.17, 15) is 9.59 Å². The number of halogens is 1. The van der Waals surface area contributed by atoms with E-state index in [2.05, 4.69) is 10.3 Å². The van der Waals surface area contributed by atoms with E-state index >= 15 is 0 Å². The molecule has 4 rings (SSSR count). The van der Waals surface area contributed by atoms with Crippen LogP contribution in [0.5, 0.6) is 5.75 Å². The molecular formula is C24H25ClN4O3S. The molecule has 1 saturated heterocycles. The topological polar surface area (TPSA) is 74.8 Å². The van der Waals surface area contributed by atoms with Gasteiger partial charge in [-0.2, -0.15) is 0 Å². The maximum atomic E-state index is 13.2. The second-order valence-electron chi connectivity index (χ2n) is 7.74. The van der Waals surface area contributed by atoms with Gasteiger partial charge in [-0.25, -0.2) is 4.98 Å². The molecule has 1 fully saturated rings. The average molecular weight is 485 g/mol. The molecule has 1 aliphatic heterocycles. The highest BCUT2D eigenvalue weighted by Gasteiger charge is 2.25. The largest absolute Gasteiger partial charge is 0.486 e. The van der Waals surface area contributed by atoms with E-state index in [0.717, 1.165) is 10.7 Å². The molecule has 9 heteroatoms. The van der Waals surface area contributed by atoms with Crippen LogP contribution in [0.25, 0.3) is 0 Å². The Hall–Kier alpha value is -2.94. The van der Waals surface area contributed by atoms with Crippen molar-refractivity contribution in [3.05, 3.63) is 75.2 Å². The van der Waals surface area contributed by atoms with Gasteiger partial charge in [-0.3, -0.25) is 14.5 Å². The SMILES string of the molecule is Cc1nc(COc2ccccc2C(=O)N2CCN(CC(=O)Nc3ccccc3Cl)CC2)cs1. The number of benzene rings is 2. The summed E-state index contributed by atoms with van der Waals surface area (Å²) in [7, 11) is 0. The highest BCUT2D eigenvalue weighted by molar-refractivity contribution is 7.09. The fraction of sp³-hybridized carbons (Fsp3) is 0.292. The summed E-state index contributed by atoms with van der Waals surface area (Å²) in [5, 5.41) is 6.29. The lowest BCUT2D eigenvalue weighted by molar-refractivity contribution is -0.117. The Kier molecular flexibility index (Phi) is 7.59. The van der Waals surface area contributed by atoms with Gasteiger partial charge in [0.25, 0.3) is 5.91 Å². The third kappa shape index (κ3) is 6.10. The van der Waals surface area contributed by atoms with Gasteiger partial charge < -0.3 is 15.0 Å². The average Bonchev–Trinajstić information content (AvgIpc) is 3.24. The molecule has 0 bridgehead atoms. The van der Waals surface area contributed by atoms with Crippen molar-refractivity contribution < 1.29 is 14.3 Å². The number of aromatic nitrogens is 1. The number of ether oxygens (including phenoxy) is 1. The quantitative estimate of drug-likeness (QED) is 0.547. The fourth-order valence-corrected chi connectivity index (χ4v) is 4.41. The van der Waals surface area contributed by atoms with Gasteiger partial charge in [-0.05, 0) is 31.2 Å². The molecular weight excluding hydrogens is 460 g/mol. The zero-order valence-corrected chi connectivity index (χ0v) is 19.9. The van der Waals surface area contributed by atoms with Crippen LogP contribution in [0.15, 0.2) is 53.9 Å². The van der Waals surface area contributed by atoms with Crippen LogP contribution in [0.4, 0.5) is 5.69 Å². The van der Waals surface area contributed by atoms with Gasteiger partial charge in [-0.1, -0.05) is 35.9 Å². The van der Waals surface area contributed by atoms with Crippen molar-refractivity contribution in [1.82, 2.24) is 14.8 Å². The van der Waals surface area contributed by atoms with E-state index in [0.29, 0.717) is 54.8 Å². The molecule has 1 N–H and O–H groups in total. The monoisotopic (exact) mass is 484 g/mol. The van der Waals surface area contributed by atoms with Crippen LogP contribution in [0.2, 0.25) is 5.02 Å². The van der Waals surface area contributed by atoms with Crippen LogP contribution >= 0.6 is 22.9 Å². The van der Waals surface area contributed by atoms with E-state index in [4.69, 9.17) is 16.3 Å². The summed E-state index contributed by atoms with van der Waals surface area (Å²) in [6, 6.07) is 14.4. The number of hydrogen-bond donors (Lipinski definition) is 1. The van der Waals surface area contributed by atoms with E-state index in [-0.39, 0.29) is 18.4 Å². The first-order chi connectivity index (χ1) is 16.0. The lowest BCUT2D eigenvalue weighted by atomic mass is 10.1. The lowest BCUT2D eigenvalue weighted by Gasteiger charge is -2.34. The third-order valence-electron chi connectivity index (χ3n) is 5.33. The van der Waals surface area contributed by atoms with Crippen LogP contribution < -0.4 is 10.1 Å². The molecule has 2 aromatic carbocycles. The Morgan fingerprint density at radius 1 is 1.09 bits per heavy atom. The smallest absolute Gasteiger partial charge is 0.257 e. The number of rotatable bonds is 7. The summed E-state index contributed by atoms with van der Waals surface area (Å²) < 4.78 is 5.91. The predicted octanol–water partition coefficient (Wildman–Crippen LogP) is 4.08. The van der Waals surface area contributed by atoms with E-state index in [1.54, 1.807) is 34.4 Å². The molecule has 0 radical (unpaired) electrons. The molecule has 33 heavy (non-hydrogen) atoms. The van der Waals surface area contributed by atoms with Crippen molar-refractivity contribution in [2.75, 3.05) is 38.0 Å². The lowest BCUT2D eigenvalue weighted by Crippen LogP contribution is -2.50. The second kappa shape index (κ2) is 10.8. The minimum atomic E-state index is -0.126. The van der Waals surface area contributed by atoms with Gasteiger partial charge in [0, 0.05) is 31.6 Å². The first-order valence-corrected chi connectivity index (χ1v) is 11.9. The molecule has 0 atom stereocenters.